The van der Waals surface area contributed by atoms with Crippen molar-refractivity contribution in [3.05, 3.63) is 62.8 Å². The predicted molar refractivity (Wildman–Crippen MR) is 88.2 cm³/mol. The molecular weight excluding hydrogens is 315 g/mol. The minimum atomic E-state index is -0.259. The average Bonchev–Trinajstić information content (AvgIpc) is 2.96. The number of halogens is 1. The van der Waals surface area contributed by atoms with Gasteiger partial charge in [0.15, 0.2) is 0 Å². The van der Waals surface area contributed by atoms with Gasteiger partial charge >= 0.3 is 0 Å². The first-order valence-corrected chi connectivity index (χ1v) is 8.26. The first kappa shape index (κ1) is 15.8. The summed E-state index contributed by atoms with van der Waals surface area (Å²) in [5.74, 6) is -0.259. The molecule has 0 saturated carbocycles. The van der Waals surface area contributed by atoms with Gasteiger partial charge in [0.25, 0.3) is 5.56 Å². The van der Waals surface area contributed by atoms with Crippen LogP contribution in [0.15, 0.2) is 35.1 Å². The normalized spacial score (nSPS) is 12.7. The first-order valence-electron chi connectivity index (χ1n) is 7.44. The zero-order valence-electron chi connectivity index (χ0n) is 12.9. The van der Waals surface area contributed by atoms with E-state index >= 15 is 0 Å². The van der Waals surface area contributed by atoms with Crippen LogP contribution in [0.3, 0.4) is 0 Å². The van der Waals surface area contributed by atoms with E-state index in [1.54, 1.807) is 6.07 Å². The highest BCUT2D eigenvalue weighted by molar-refractivity contribution is 7.16. The van der Waals surface area contributed by atoms with Crippen LogP contribution >= 0.6 is 11.3 Å². The minimum absolute atomic E-state index is 0.0429. The van der Waals surface area contributed by atoms with Crippen LogP contribution in [0.2, 0.25) is 0 Å². The zero-order valence-corrected chi connectivity index (χ0v) is 13.7. The summed E-state index contributed by atoms with van der Waals surface area (Å²) in [5, 5.41) is 8.37. The third kappa shape index (κ3) is 3.46. The molecule has 0 aliphatic rings. The summed E-state index contributed by atoms with van der Waals surface area (Å²) < 4.78 is 14.6. The molecule has 120 valence electrons. The molecule has 3 rings (SSSR count). The van der Waals surface area contributed by atoms with Gasteiger partial charge in [-0.25, -0.2) is 9.37 Å². The Morgan fingerprint density at radius 3 is 2.96 bits per heavy atom. The molecule has 1 N–H and O–H groups in total. The molecule has 23 heavy (non-hydrogen) atoms. The standard InChI is InChI=1S/C16H17FN4OS/c1-3-14-20-21-15(22)8-13(19-16(21)23-14)9-18-10(2)11-5-4-6-12(17)7-11/h4-8,10,18H,3,9H2,1-2H3/t10-/m0/s1. The molecule has 0 aliphatic carbocycles. The van der Waals surface area contributed by atoms with E-state index in [1.807, 2.05) is 19.9 Å². The van der Waals surface area contributed by atoms with Crippen molar-refractivity contribution in [3.63, 3.8) is 0 Å². The molecular formula is C16H17FN4OS. The van der Waals surface area contributed by atoms with Crippen molar-refractivity contribution in [2.45, 2.75) is 32.9 Å². The molecule has 0 spiro atoms. The lowest BCUT2D eigenvalue weighted by Crippen LogP contribution is -2.22. The average molecular weight is 332 g/mol. The zero-order chi connectivity index (χ0) is 16.4. The van der Waals surface area contributed by atoms with Crippen LogP contribution in [-0.4, -0.2) is 14.6 Å². The van der Waals surface area contributed by atoms with E-state index in [0.29, 0.717) is 17.2 Å². The van der Waals surface area contributed by atoms with Crippen LogP contribution in [-0.2, 0) is 13.0 Å². The Labute approximate surface area is 136 Å². The largest absolute Gasteiger partial charge is 0.305 e. The summed E-state index contributed by atoms with van der Waals surface area (Å²) in [5.41, 5.74) is 1.33. The molecule has 3 aromatic rings. The minimum Gasteiger partial charge on any atom is -0.305 e. The molecule has 1 aromatic carbocycles. The Bertz CT molecular complexity index is 889. The van der Waals surface area contributed by atoms with Crippen molar-refractivity contribution in [2.75, 3.05) is 0 Å². The SMILES string of the molecule is CCc1nn2c(=O)cc(CN[C@@H](C)c3cccc(F)c3)nc2s1. The summed E-state index contributed by atoms with van der Waals surface area (Å²) in [7, 11) is 0. The number of fused-ring (bicyclic) bond motifs is 1. The van der Waals surface area contributed by atoms with E-state index in [1.165, 1.54) is 34.1 Å². The summed E-state index contributed by atoms with van der Waals surface area (Å²) in [6, 6.07) is 7.91. The number of rotatable bonds is 5. The highest BCUT2D eigenvalue weighted by Gasteiger charge is 2.10. The highest BCUT2D eigenvalue weighted by atomic mass is 32.1. The Morgan fingerprint density at radius 1 is 1.39 bits per heavy atom. The quantitative estimate of drug-likeness (QED) is 0.780. The van der Waals surface area contributed by atoms with Gasteiger partial charge in [-0.3, -0.25) is 4.79 Å². The first-order chi connectivity index (χ1) is 11.1. The predicted octanol–water partition coefficient (Wildman–Crippen LogP) is 2.70. The van der Waals surface area contributed by atoms with Crippen LogP contribution in [0.4, 0.5) is 4.39 Å². The van der Waals surface area contributed by atoms with Gasteiger partial charge in [-0.15, -0.1) is 0 Å². The number of hydrogen-bond acceptors (Lipinski definition) is 5. The maximum atomic E-state index is 13.3. The van der Waals surface area contributed by atoms with E-state index in [-0.39, 0.29) is 17.4 Å². The summed E-state index contributed by atoms with van der Waals surface area (Å²) in [6.07, 6.45) is 0.775. The van der Waals surface area contributed by atoms with Gasteiger partial charge in [0.1, 0.15) is 10.8 Å². The summed E-state index contributed by atoms with van der Waals surface area (Å²) in [4.78, 5) is 17.1. The Kier molecular flexibility index (Phi) is 4.49. The summed E-state index contributed by atoms with van der Waals surface area (Å²) in [6.45, 7) is 4.37. The second-order valence-corrected chi connectivity index (χ2v) is 6.33. The molecule has 5 nitrogen and oxygen atoms in total. The molecule has 0 saturated heterocycles. The Balaban J connectivity index is 1.77. The second kappa shape index (κ2) is 6.55. The maximum absolute atomic E-state index is 13.3. The molecule has 0 radical (unpaired) electrons. The van der Waals surface area contributed by atoms with Crippen molar-refractivity contribution in [2.24, 2.45) is 0 Å². The fourth-order valence-electron chi connectivity index (χ4n) is 2.28. The van der Waals surface area contributed by atoms with E-state index in [0.717, 1.165) is 17.0 Å². The van der Waals surface area contributed by atoms with Crippen molar-refractivity contribution in [3.8, 4) is 0 Å². The summed E-state index contributed by atoms with van der Waals surface area (Å²) >= 11 is 1.42. The van der Waals surface area contributed by atoms with Gasteiger partial charge in [0.05, 0.1) is 5.69 Å². The van der Waals surface area contributed by atoms with Crippen LogP contribution in [0, 0.1) is 5.82 Å². The number of aromatic nitrogens is 3. The Morgan fingerprint density at radius 2 is 2.22 bits per heavy atom. The lowest BCUT2D eigenvalue weighted by molar-refractivity contribution is 0.559. The lowest BCUT2D eigenvalue weighted by Gasteiger charge is -2.13. The fourth-order valence-corrected chi connectivity index (χ4v) is 3.14. The molecule has 0 unspecified atom stereocenters. The van der Waals surface area contributed by atoms with Crippen LogP contribution in [0.5, 0.6) is 0 Å². The number of aryl methyl sites for hydroxylation is 1. The van der Waals surface area contributed by atoms with Crippen LogP contribution in [0.1, 0.15) is 36.2 Å². The molecule has 7 heteroatoms. The monoisotopic (exact) mass is 332 g/mol. The van der Waals surface area contributed by atoms with Gasteiger partial charge in [0, 0.05) is 18.7 Å². The van der Waals surface area contributed by atoms with Gasteiger partial charge in [-0.05, 0) is 31.0 Å². The van der Waals surface area contributed by atoms with Gasteiger partial charge < -0.3 is 5.32 Å². The lowest BCUT2D eigenvalue weighted by atomic mass is 10.1. The van der Waals surface area contributed by atoms with Crippen LogP contribution < -0.4 is 10.9 Å². The van der Waals surface area contributed by atoms with Crippen molar-refractivity contribution >= 4 is 16.3 Å². The van der Waals surface area contributed by atoms with Crippen molar-refractivity contribution < 1.29 is 4.39 Å². The van der Waals surface area contributed by atoms with E-state index < -0.39 is 0 Å². The van der Waals surface area contributed by atoms with E-state index in [9.17, 15) is 9.18 Å². The van der Waals surface area contributed by atoms with Gasteiger partial charge in [-0.2, -0.15) is 9.61 Å². The van der Waals surface area contributed by atoms with Gasteiger partial charge in [-0.1, -0.05) is 30.4 Å². The van der Waals surface area contributed by atoms with Crippen LogP contribution in [0.25, 0.3) is 4.96 Å². The molecule has 0 aliphatic heterocycles. The highest BCUT2D eigenvalue weighted by Crippen LogP contribution is 2.15. The van der Waals surface area contributed by atoms with Crippen molar-refractivity contribution in [1.29, 1.82) is 0 Å². The van der Waals surface area contributed by atoms with E-state index in [4.69, 9.17) is 0 Å². The number of nitrogens with zero attached hydrogens (tertiary/aromatic N) is 3. The molecule has 0 bridgehead atoms. The number of nitrogens with one attached hydrogen (secondary N) is 1. The molecule has 0 fully saturated rings. The topological polar surface area (TPSA) is 59.3 Å². The molecule has 2 aromatic heterocycles. The fraction of sp³-hybridized carbons (Fsp3) is 0.312. The van der Waals surface area contributed by atoms with E-state index in [2.05, 4.69) is 15.4 Å². The number of hydrogen-bond donors (Lipinski definition) is 1. The maximum Gasteiger partial charge on any atom is 0.275 e. The Hall–Kier alpha value is -2.12. The van der Waals surface area contributed by atoms with Crippen molar-refractivity contribution in [1.82, 2.24) is 19.9 Å². The third-order valence-electron chi connectivity index (χ3n) is 3.58. The number of benzene rings is 1. The molecule has 1 atom stereocenters. The third-order valence-corrected chi connectivity index (χ3v) is 4.63. The van der Waals surface area contributed by atoms with Gasteiger partial charge in [0.2, 0.25) is 4.96 Å². The molecule has 0 amide bonds. The smallest absolute Gasteiger partial charge is 0.275 e. The molecule has 2 heterocycles. The second-order valence-electron chi connectivity index (χ2n) is 5.29.